The van der Waals surface area contributed by atoms with E-state index in [2.05, 4.69) is 15.6 Å². The van der Waals surface area contributed by atoms with E-state index in [0.29, 0.717) is 19.8 Å². The summed E-state index contributed by atoms with van der Waals surface area (Å²) in [6.45, 7) is 3.50. The third kappa shape index (κ3) is 4.89. The predicted molar refractivity (Wildman–Crippen MR) is 81.9 cm³/mol. The van der Waals surface area contributed by atoms with Crippen LogP contribution in [0.2, 0.25) is 0 Å². The number of amides is 2. The van der Waals surface area contributed by atoms with Gasteiger partial charge >= 0.3 is 6.03 Å². The van der Waals surface area contributed by atoms with Crippen molar-refractivity contribution in [1.29, 1.82) is 0 Å². The van der Waals surface area contributed by atoms with Crippen LogP contribution in [0.15, 0.2) is 48.8 Å². The van der Waals surface area contributed by atoms with Gasteiger partial charge in [-0.15, -0.1) is 0 Å². The predicted octanol–water partition coefficient (Wildman–Crippen LogP) is 2.94. The van der Waals surface area contributed by atoms with Gasteiger partial charge in [0.15, 0.2) is 0 Å². The summed E-state index contributed by atoms with van der Waals surface area (Å²) in [6.07, 6.45) is 3.43. The second kappa shape index (κ2) is 8.01. The Bertz CT molecular complexity index is 573. The molecule has 1 heterocycles. The van der Waals surface area contributed by atoms with Crippen molar-refractivity contribution in [3.05, 3.63) is 59.9 Å². The van der Waals surface area contributed by atoms with E-state index in [1.54, 1.807) is 12.4 Å². The Labute approximate surface area is 124 Å². The summed E-state index contributed by atoms with van der Waals surface area (Å²) in [6, 6.07) is 11.1. The summed E-state index contributed by atoms with van der Waals surface area (Å²) >= 11 is 0. The van der Waals surface area contributed by atoms with E-state index in [1.165, 1.54) is 0 Å². The number of carbonyl (C=O) groups excluding carboxylic acids is 1. The molecule has 0 unspecified atom stereocenters. The molecule has 0 bridgehead atoms. The van der Waals surface area contributed by atoms with Gasteiger partial charge in [0, 0.05) is 36.8 Å². The van der Waals surface area contributed by atoms with Crippen LogP contribution in [-0.4, -0.2) is 17.6 Å². The highest BCUT2D eigenvalue weighted by Crippen LogP contribution is 2.15. The number of nitrogens with zero attached hydrogens (tertiary/aromatic N) is 1. The first-order valence-corrected chi connectivity index (χ1v) is 6.89. The van der Waals surface area contributed by atoms with Gasteiger partial charge in [-0.3, -0.25) is 4.98 Å². The zero-order chi connectivity index (χ0) is 14.9. The van der Waals surface area contributed by atoms with Crippen molar-refractivity contribution in [3.8, 4) is 0 Å². The molecule has 0 fully saturated rings. The standard InChI is InChI=1S/C16H19N3O2/c1-2-21-12-14-7-3-4-8-15(14)19-16(20)18-11-13-6-5-9-17-10-13/h3-10H,2,11-12H2,1H3,(H2,18,19,20). The minimum Gasteiger partial charge on any atom is -0.377 e. The average Bonchev–Trinajstić information content (AvgIpc) is 2.53. The Morgan fingerprint density at radius 3 is 2.86 bits per heavy atom. The van der Waals surface area contributed by atoms with Crippen molar-refractivity contribution in [3.63, 3.8) is 0 Å². The van der Waals surface area contributed by atoms with Gasteiger partial charge in [-0.25, -0.2) is 4.79 Å². The summed E-state index contributed by atoms with van der Waals surface area (Å²) in [5.41, 5.74) is 2.67. The highest BCUT2D eigenvalue weighted by Gasteiger charge is 2.06. The molecule has 1 aromatic heterocycles. The first-order valence-electron chi connectivity index (χ1n) is 6.89. The second-order valence-electron chi connectivity index (χ2n) is 4.46. The minimum atomic E-state index is -0.247. The molecule has 0 aliphatic heterocycles. The first-order chi connectivity index (χ1) is 10.3. The van der Waals surface area contributed by atoms with Gasteiger partial charge in [-0.05, 0) is 24.6 Å². The van der Waals surface area contributed by atoms with Crippen LogP contribution in [0.1, 0.15) is 18.1 Å². The number of hydrogen-bond acceptors (Lipinski definition) is 3. The van der Waals surface area contributed by atoms with E-state index < -0.39 is 0 Å². The lowest BCUT2D eigenvalue weighted by molar-refractivity contribution is 0.134. The highest BCUT2D eigenvalue weighted by molar-refractivity contribution is 5.90. The van der Waals surface area contributed by atoms with Crippen LogP contribution in [0.3, 0.4) is 0 Å². The van der Waals surface area contributed by atoms with E-state index >= 15 is 0 Å². The van der Waals surface area contributed by atoms with Gasteiger partial charge < -0.3 is 15.4 Å². The summed E-state index contributed by atoms with van der Waals surface area (Å²) in [5, 5.41) is 5.64. The number of rotatable bonds is 6. The molecule has 2 amide bonds. The molecule has 5 nitrogen and oxygen atoms in total. The topological polar surface area (TPSA) is 63.2 Å². The van der Waals surface area contributed by atoms with Gasteiger partial charge in [0.25, 0.3) is 0 Å². The SMILES string of the molecule is CCOCc1ccccc1NC(=O)NCc1cccnc1. The van der Waals surface area contributed by atoms with Crippen LogP contribution in [0.5, 0.6) is 0 Å². The molecule has 0 spiro atoms. The molecule has 5 heteroatoms. The molecule has 2 rings (SSSR count). The number of pyridine rings is 1. The molecule has 0 aliphatic carbocycles. The smallest absolute Gasteiger partial charge is 0.319 e. The van der Waals surface area contributed by atoms with E-state index in [-0.39, 0.29) is 6.03 Å². The number of nitrogens with one attached hydrogen (secondary N) is 2. The van der Waals surface area contributed by atoms with Crippen LogP contribution in [0.25, 0.3) is 0 Å². The van der Waals surface area contributed by atoms with Gasteiger partial charge in [-0.2, -0.15) is 0 Å². The lowest BCUT2D eigenvalue weighted by atomic mass is 10.2. The monoisotopic (exact) mass is 285 g/mol. The normalized spacial score (nSPS) is 10.1. The van der Waals surface area contributed by atoms with Crippen molar-refractivity contribution in [2.24, 2.45) is 0 Å². The molecule has 110 valence electrons. The van der Waals surface area contributed by atoms with Crippen molar-refractivity contribution < 1.29 is 9.53 Å². The molecule has 0 saturated carbocycles. The Morgan fingerprint density at radius 2 is 2.10 bits per heavy atom. The largest absolute Gasteiger partial charge is 0.377 e. The molecule has 0 radical (unpaired) electrons. The van der Waals surface area contributed by atoms with E-state index in [1.807, 2.05) is 43.3 Å². The van der Waals surface area contributed by atoms with Crippen molar-refractivity contribution in [2.75, 3.05) is 11.9 Å². The molecular formula is C16H19N3O2. The lowest BCUT2D eigenvalue weighted by Gasteiger charge is -2.12. The third-order valence-electron chi connectivity index (χ3n) is 2.90. The number of urea groups is 1. The fraction of sp³-hybridized carbons (Fsp3) is 0.250. The van der Waals surface area contributed by atoms with Gasteiger partial charge in [0.05, 0.1) is 6.61 Å². The molecule has 1 aromatic carbocycles. The lowest BCUT2D eigenvalue weighted by Crippen LogP contribution is -2.28. The van der Waals surface area contributed by atoms with Gasteiger partial charge in [0.2, 0.25) is 0 Å². The molecule has 21 heavy (non-hydrogen) atoms. The number of aromatic nitrogens is 1. The zero-order valence-electron chi connectivity index (χ0n) is 12.0. The van der Waals surface area contributed by atoms with Crippen LogP contribution < -0.4 is 10.6 Å². The Morgan fingerprint density at radius 1 is 1.24 bits per heavy atom. The number of hydrogen-bond donors (Lipinski definition) is 2. The molecule has 2 N–H and O–H groups in total. The quantitative estimate of drug-likeness (QED) is 0.857. The van der Waals surface area contributed by atoms with E-state index in [4.69, 9.17) is 4.74 Å². The second-order valence-corrected chi connectivity index (χ2v) is 4.46. The molecular weight excluding hydrogens is 266 g/mol. The summed E-state index contributed by atoms with van der Waals surface area (Å²) in [7, 11) is 0. The van der Waals surface area contributed by atoms with E-state index in [0.717, 1.165) is 16.8 Å². The molecule has 2 aromatic rings. The van der Waals surface area contributed by atoms with Crippen LogP contribution in [-0.2, 0) is 17.9 Å². The average molecular weight is 285 g/mol. The minimum absolute atomic E-state index is 0.247. The van der Waals surface area contributed by atoms with Crippen molar-refractivity contribution >= 4 is 11.7 Å². The Hall–Kier alpha value is -2.40. The van der Waals surface area contributed by atoms with Gasteiger partial charge in [-0.1, -0.05) is 24.3 Å². The summed E-state index contributed by atoms with van der Waals surface area (Å²) in [5.74, 6) is 0. The number of ether oxygens (including phenoxy) is 1. The van der Waals surface area contributed by atoms with Crippen LogP contribution in [0.4, 0.5) is 10.5 Å². The molecule has 0 saturated heterocycles. The number of para-hydroxylation sites is 1. The first kappa shape index (κ1) is 15.0. The zero-order valence-corrected chi connectivity index (χ0v) is 12.0. The van der Waals surface area contributed by atoms with Crippen LogP contribution >= 0.6 is 0 Å². The third-order valence-corrected chi connectivity index (χ3v) is 2.90. The van der Waals surface area contributed by atoms with Crippen molar-refractivity contribution in [2.45, 2.75) is 20.1 Å². The Kier molecular flexibility index (Phi) is 5.72. The summed E-state index contributed by atoms with van der Waals surface area (Å²) < 4.78 is 5.39. The van der Waals surface area contributed by atoms with Crippen LogP contribution in [0, 0.1) is 0 Å². The van der Waals surface area contributed by atoms with E-state index in [9.17, 15) is 4.79 Å². The number of benzene rings is 1. The van der Waals surface area contributed by atoms with Crippen molar-refractivity contribution in [1.82, 2.24) is 10.3 Å². The summed E-state index contributed by atoms with van der Waals surface area (Å²) in [4.78, 5) is 15.9. The maximum atomic E-state index is 11.9. The fourth-order valence-electron chi connectivity index (χ4n) is 1.83. The highest BCUT2D eigenvalue weighted by atomic mass is 16.5. The maximum absolute atomic E-state index is 11.9. The van der Waals surface area contributed by atoms with Gasteiger partial charge in [0.1, 0.15) is 0 Å². The molecule has 0 atom stereocenters. The molecule has 0 aliphatic rings. The fourth-order valence-corrected chi connectivity index (χ4v) is 1.83. The maximum Gasteiger partial charge on any atom is 0.319 e. The number of carbonyl (C=O) groups is 1. The number of anilines is 1. The Balaban J connectivity index is 1.90.